The molecule has 1 aromatic carbocycles. The normalized spacial score (nSPS) is 27.3. The molecule has 0 aliphatic carbocycles. The van der Waals surface area contributed by atoms with Crippen molar-refractivity contribution in [2.45, 2.75) is 30.6 Å². The molecule has 0 saturated carbocycles. The van der Waals surface area contributed by atoms with Gasteiger partial charge in [0.1, 0.15) is 35.9 Å². The van der Waals surface area contributed by atoms with Crippen molar-refractivity contribution < 1.29 is 29.2 Å². The Morgan fingerprint density at radius 1 is 1.41 bits per heavy atom. The van der Waals surface area contributed by atoms with Crippen LogP contribution >= 0.6 is 11.6 Å². The van der Waals surface area contributed by atoms with E-state index in [1.807, 2.05) is 0 Å². The molecule has 1 saturated heterocycles. The number of ether oxygens (including phenoxy) is 1. The molecule has 1 fully saturated rings. The molecular weight excluding hydrogens is 407 g/mol. The highest BCUT2D eigenvalue weighted by Gasteiger charge is 2.48. The zero-order chi connectivity index (χ0) is 21.1. The van der Waals surface area contributed by atoms with Crippen molar-refractivity contribution in [2.75, 3.05) is 13.7 Å². The van der Waals surface area contributed by atoms with Gasteiger partial charge in [-0.15, -0.1) is 5.10 Å². The average Bonchev–Trinajstić information content (AvgIpc) is 3.18. The number of halogens is 2. The van der Waals surface area contributed by atoms with E-state index in [-0.39, 0.29) is 0 Å². The molecule has 1 aliphatic heterocycles. The van der Waals surface area contributed by atoms with Gasteiger partial charge in [0.25, 0.3) is 0 Å². The van der Waals surface area contributed by atoms with E-state index >= 15 is 0 Å². The van der Waals surface area contributed by atoms with E-state index < -0.39 is 48.9 Å². The highest BCUT2D eigenvalue weighted by molar-refractivity contribution is 6.26. The van der Waals surface area contributed by atoms with Crippen LogP contribution in [-0.4, -0.2) is 79.3 Å². The summed E-state index contributed by atoms with van der Waals surface area (Å²) in [6.45, 7) is -0.556. The standard InChI is InChI=1S/C18H20ClFN4O5/c1-23(14(26)5-6-19)18-17(28)15(16(27)13(9-25)29-18)24-8-12(21-22-24)10-3-2-4-11(20)7-10/h2-8,13,15-18,25,27-28H,9H2,1H3/b6-5+/t13?,15-,16-,17?,18+/m0/s1. The molecule has 2 unspecified atom stereocenters. The van der Waals surface area contributed by atoms with E-state index in [2.05, 4.69) is 10.3 Å². The van der Waals surface area contributed by atoms with E-state index in [0.717, 1.165) is 16.5 Å². The predicted molar refractivity (Wildman–Crippen MR) is 100.0 cm³/mol. The Balaban J connectivity index is 1.93. The van der Waals surface area contributed by atoms with Gasteiger partial charge in [-0.05, 0) is 12.1 Å². The number of amides is 1. The van der Waals surface area contributed by atoms with Crippen LogP contribution in [0.3, 0.4) is 0 Å². The molecule has 1 aromatic heterocycles. The van der Waals surface area contributed by atoms with Crippen molar-refractivity contribution in [1.82, 2.24) is 19.9 Å². The number of carbonyl (C=O) groups excluding carboxylic acids is 1. The molecule has 29 heavy (non-hydrogen) atoms. The number of likely N-dealkylation sites (N-methyl/N-ethyl adjacent to an activating group) is 1. The molecule has 156 valence electrons. The second kappa shape index (κ2) is 8.97. The summed E-state index contributed by atoms with van der Waals surface area (Å²) in [5, 5.41) is 38.9. The highest BCUT2D eigenvalue weighted by Crippen LogP contribution is 2.32. The Morgan fingerprint density at radius 2 is 2.17 bits per heavy atom. The number of aliphatic hydroxyl groups excluding tert-OH is 3. The third-order valence-electron chi connectivity index (χ3n) is 4.74. The maximum Gasteiger partial charge on any atom is 0.249 e. The second-order valence-electron chi connectivity index (χ2n) is 6.56. The van der Waals surface area contributed by atoms with E-state index in [4.69, 9.17) is 16.3 Å². The van der Waals surface area contributed by atoms with Crippen molar-refractivity contribution in [3.05, 3.63) is 47.9 Å². The van der Waals surface area contributed by atoms with Gasteiger partial charge in [0.2, 0.25) is 5.91 Å². The van der Waals surface area contributed by atoms with E-state index in [1.54, 1.807) is 6.07 Å². The molecule has 1 amide bonds. The van der Waals surface area contributed by atoms with Crippen LogP contribution in [0.25, 0.3) is 11.3 Å². The van der Waals surface area contributed by atoms with Crippen molar-refractivity contribution in [3.8, 4) is 11.3 Å². The molecule has 2 aromatic rings. The number of hydrogen-bond donors (Lipinski definition) is 3. The number of aromatic nitrogens is 3. The van der Waals surface area contributed by atoms with Crippen LogP contribution < -0.4 is 0 Å². The SMILES string of the molecule is CN(C(=O)/C=C/Cl)[C@@H]1OC(CO)[C@H](O)[C@H](n2cc(-c3cccc(F)c3)nn2)C1O. The quantitative estimate of drug-likeness (QED) is 0.587. The molecule has 0 spiro atoms. The Kier molecular flexibility index (Phi) is 6.60. The molecule has 11 heteroatoms. The fourth-order valence-corrected chi connectivity index (χ4v) is 3.32. The van der Waals surface area contributed by atoms with Crippen molar-refractivity contribution in [3.63, 3.8) is 0 Å². The van der Waals surface area contributed by atoms with E-state index in [9.17, 15) is 24.5 Å². The lowest BCUT2D eigenvalue weighted by molar-refractivity contribution is -0.240. The van der Waals surface area contributed by atoms with Crippen LogP contribution in [-0.2, 0) is 9.53 Å². The number of aliphatic hydroxyl groups is 3. The maximum absolute atomic E-state index is 13.5. The van der Waals surface area contributed by atoms with Crippen LogP contribution in [0.2, 0.25) is 0 Å². The first-order valence-corrected chi connectivity index (χ1v) is 9.14. The third kappa shape index (κ3) is 4.31. The van der Waals surface area contributed by atoms with Gasteiger partial charge in [0, 0.05) is 24.2 Å². The molecule has 3 rings (SSSR count). The Labute approximate surface area is 170 Å². The zero-order valence-corrected chi connectivity index (χ0v) is 16.1. The lowest BCUT2D eigenvalue weighted by Gasteiger charge is -2.44. The first kappa shape index (κ1) is 21.3. The van der Waals surface area contributed by atoms with Gasteiger partial charge in [-0.2, -0.15) is 0 Å². The second-order valence-corrected chi connectivity index (χ2v) is 6.81. The maximum atomic E-state index is 13.5. The summed E-state index contributed by atoms with van der Waals surface area (Å²) in [4.78, 5) is 13.2. The Hall–Kier alpha value is -2.37. The molecule has 3 N–H and O–H groups in total. The zero-order valence-electron chi connectivity index (χ0n) is 15.3. The fourth-order valence-electron chi connectivity index (χ4n) is 3.21. The third-order valence-corrected chi connectivity index (χ3v) is 4.86. The number of nitrogens with zero attached hydrogens (tertiary/aromatic N) is 4. The topological polar surface area (TPSA) is 121 Å². The summed E-state index contributed by atoms with van der Waals surface area (Å²) in [5.41, 5.74) is 1.80. The van der Waals surface area contributed by atoms with Crippen LogP contribution in [0, 0.1) is 5.82 Å². The fraction of sp³-hybridized carbons (Fsp3) is 0.389. The minimum Gasteiger partial charge on any atom is -0.394 e. The molecule has 5 atom stereocenters. The van der Waals surface area contributed by atoms with Crippen LogP contribution in [0.4, 0.5) is 4.39 Å². The van der Waals surface area contributed by atoms with Gasteiger partial charge in [-0.25, -0.2) is 9.07 Å². The molecular formula is C18H20ClFN4O5. The Bertz CT molecular complexity index is 895. The molecule has 0 bridgehead atoms. The van der Waals surface area contributed by atoms with Gasteiger partial charge in [-0.3, -0.25) is 4.79 Å². The van der Waals surface area contributed by atoms with Crippen LogP contribution in [0.15, 0.2) is 42.1 Å². The Morgan fingerprint density at radius 3 is 2.83 bits per heavy atom. The highest BCUT2D eigenvalue weighted by atomic mass is 35.5. The van der Waals surface area contributed by atoms with Crippen LogP contribution in [0.5, 0.6) is 0 Å². The summed E-state index contributed by atoms with van der Waals surface area (Å²) in [6.07, 6.45) is -2.53. The predicted octanol–water partition coefficient (Wildman–Crippen LogP) is 0.275. The minimum absolute atomic E-state index is 0.321. The van der Waals surface area contributed by atoms with Crippen molar-refractivity contribution in [1.29, 1.82) is 0 Å². The smallest absolute Gasteiger partial charge is 0.249 e. The summed E-state index contributed by atoms with van der Waals surface area (Å²) in [6, 6.07) is 4.63. The summed E-state index contributed by atoms with van der Waals surface area (Å²) >= 11 is 5.43. The molecule has 9 nitrogen and oxygen atoms in total. The lowest BCUT2D eigenvalue weighted by atomic mass is 9.95. The molecule has 0 radical (unpaired) electrons. The van der Waals surface area contributed by atoms with E-state index in [1.165, 1.54) is 36.1 Å². The lowest BCUT2D eigenvalue weighted by Crippen LogP contribution is -2.61. The number of hydrogen-bond acceptors (Lipinski definition) is 7. The van der Waals surface area contributed by atoms with Gasteiger partial charge in [-0.1, -0.05) is 28.9 Å². The monoisotopic (exact) mass is 426 g/mol. The number of carbonyl (C=O) groups is 1. The minimum atomic E-state index is -1.41. The summed E-state index contributed by atoms with van der Waals surface area (Å²) < 4.78 is 20.2. The van der Waals surface area contributed by atoms with Crippen molar-refractivity contribution >= 4 is 17.5 Å². The van der Waals surface area contributed by atoms with Gasteiger partial charge >= 0.3 is 0 Å². The number of rotatable bonds is 5. The van der Waals surface area contributed by atoms with Crippen molar-refractivity contribution in [2.24, 2.45) is 0 Å². The van der Waals surface area contributed by atoms with E-state index in [0.29, 0.717) is 11.3 Å². The molecule has 1 aliphatic rings. The van der Waals surface area contributed by atoms with Gasteiger partial charge in [0.05, 0.1) is 12.8 Å². The summed E-state index contributed by atoms with van der Waals surface area (Å²) in [7, 11) is 1.38. The largest absolute Gasteiger partial charge is 0.394 e. The van der Waals surface area contributed by atoms with Crippen LogP contribution in [0.1, 0.15) is 6.04 Å². The summed E-state index contributed by atoms with van der Waals surface area (Å²) in [5.74, 6) is -0.994. The first-order chi connectivity index (χ1) is 13.9. The molecule has 2 heterocycles. The van der Waals surface area contributed by atoms with Gasteiger partial charge in [0.15, 0.2) is 6.23 Å². The average molecular weight is 427 g/mol. The first-order valence-electron chi connectivity index (χ1n) is 8.71. The van der Waals surface area contributed by atoms with Gasteiger partial charge < -0.3 is 25.0 Å². The number of benzene rings is 1.